The van der Waals surface area contributed by atoms with Gasteiger partial charge in [-0.1, -0.05) is 22.9 Å². The number of amides is 1. The van der Waals surface area contributed by atoms with Crippen molar-refractivity contribution in [2.75, 3.05) is 30.3 Å². The Balaban J connectivity index is 1.40. The molecule has 1 amide bonds. The van der Waals surface area contributed by atoms with Crippen molar-refractivity contribution in [1.82, 2.24) is 14.9 Å². The van der Waals surface area contributed by atoms with Crippen molar-refractivity contribution in [1.29, 1.82) is 0 Å². The van der Waals surface area contributed by atoms with E-state index < -0.39 is 23.9 Å². The quantitative estimate of drug-likeness (QED) is 0.523. The summed E-state index contributed by atoms with van der Waals surface area (Å²) in [5.74, 6) is -0.222. The summed E-state index contributed by atoms with van der Waals surface area (Å²) in [6.45, 7) is 4.69. The van der Waals surface area contributed by atoms with E-state index in [-0.39, 0.29) is 29.9 Å². The normalized spacial score (nSPS) is 23.0. The molecule has 35 heavy (non-hydrogen) atoms. The number of nitrogen functional groups attached to an aromatic ring is 1. The van der Waals surface area contributed by atoms with Crippen LogP contribution in [0, 0.1) is 0 Å². The Labute approximate surface area is 208 Å². The average Bonchev–Trinajstić information content (AvgIpc) is 3.18. The lowest BCUT2D eigenvalue weighted by Gasteiger charge is -2.43. The van der Waals surface area contributed by atoms with E-state index in [0.29, 0.717) is 34.9 Å². The number of pyridine rings is 1. The second-order valence-electron chi connectivity index (χ2n) is 8.87. The predicted molar refractivity (Wildman–Crippen MR) is 129 cm³/mol. The van der Waals surface area contributed by atoms with Crippen molar-refractivity contribution in [3.63, 3.8) is 0 Å². The Morgan fingerprint density at radius 1 is 1.29 bits per heavy atom. The molecule has 2 aliphatic rings. The number of alkyl halides is 3. The van der Waals surface area contributed by atoms with Crippen molar-refractivity contribution in [2.24, 2.45) is 0 Å². The highest BCUT2D eigenvalue weighted by molar-refractivity contribution is 7.22. The number of fused-ring (bicyclic) bond motifs is 2. The Kier molecular flexibility index (Phi) is 6.05. The number of hydrogen-bond donors (Lipinski definition) is 1. The summed E-state index contributed by atoms with van der Waals surface area (Å²) in [5, 5.41) is 0.453. The Hall–Kier alpha value is -2.63. The molecule has 12 heteroatoms. The van der Waals surface area contributed by atoms with E-state index in [1.165, 1.54) is 11.3 Å². The van der Waals surface area contributed by atoms with Crippen molar-refractivity contribution in [2.45, 2.75) is 44.6 Å². The molecule has 5 rings (SSSR count). The average molecular weight is 526 g/mol. The number of carbonyl (C=O) groups is 1. The van der Waals surface area contributed by atoms with Gasteiger partial charge in [0.15, 0.2) is 11.2 Å². The van der Waals surface area contributed by atoms with Crippen LogP contribution in [0.4, 0.5) is 24.0 Å². The maximum absolute atomic E-state index is 13.6. The molecule has 0 saturated carbocycles. The number of halogens is 4. The fourth-order valence-electron chi connectivity index (χ4n) is 4.89. The van der Waals surface area contributed by atoms with Gasteiger partial charge in [0.2, 0.25) is 0 Å². The largest absolute Gasteiger partial charge is 0.416 e. The van der Waals surface area contributed by atoms with Gasteiger partial charge in [-0.2, -0.15) is 13.2 Å². The second-order valence-corrected chi connectivity index (χ2v) is 10.3. The van der Waals surface area contributed by atoms with Crippen LogP contribution in [-0.2, 0) is 22.1 Å². The molecule has 2 N–H and O–H groups in total. The lowest BCUT2D eigenvalue weighted by molar-refractivity contribution is -0.148. The van der Waals surface area contributed by atoms with Crippen LogP contribution in [0.1, 0.15) is 36.6 Å². The molecule has 7 nitrogen and oxygen atoms in total. The third kappa shape index (κ3) is 4.30. The summed E-state index contributed by atoms with van der Waals surface area (Å²) in [6.07, 6.45) is -1.55. The predicted octanol–water partition coefficient (Wildman–Crippen LogP) is 4.69. The fourth-order valence-corrected chi connectivity index (χ4v) is 6.12. The number of rotatable bonds is 2. The Morgan fingerprint density at radius 2 is 2.06 bits per heavy atom. The number of thiazole rings is 1. The molecule has 3 aromatic rings. The van der Waals surface area contributed by atoms with Gasteiger partial charge in [0, 0.05) is 17.6 Å². The van der Waals surface area contributed by atoms with Gasteiger partial charge in [-0.05, 0) is 43.5 Å². The number of benzene rings is 1. The first-order valence-electron chi connectivity index (χ1n) is 11.1. The van der Waals surface area contributed by atoms with E-state index in [1.807, 2.05) is 6.92 Å². The second kappa shape index (κ2) is 8.79. The van der Waals surface area contributed by atoms with E-state index in [9.17, 15) is 18.0 Å². The molecule has 1 aromatic carbocycles. The molecule has 0 spiro atoms. The van der Waals surface area contributed by atoms with Crippen molar-refractivity contribution in [3.05, 3.63) is 46.2 Å². The number of nitrogens with zero attached hydrogens (tertiary/aromatic N) is 4. The molecule has 1 fully saturated rings. The summed E-state index contributed by atoms with van der Waals surface area (Å²) < 4.78 is 46.5. The highest BCUT2D eigenvalue weighted by atomic mass is 35.5. The minimum Gasteiger partial charge on any atom is -0.375 e. The molecule has 2 aliphatic heterocycles. The first kappa shape index (κ1) is 24.1. The number of carbonyl (C=O) groups excluding carboxylic acids is 1. The first-order chi connectivity index (χ1) is 16.5. The van der Waals surface area contributed by atoms with Gasteiger partial charge in [0.1, 0.15) is 5.52 Å². The van der Waals surface area contributed by atoms with E-state index in [2.05, 4.69) is 14.9 Å². The molecule has 0 unspecified atom stereocenters. The number of anilines is 2. The zero-order valence-electron chi connectivity index (χ0n) is 19.0. The summed E-state index contributed by atoms with van der Waals surface area (Å²) in [4.78, 5) is 25.9. The standard InChI is InChI=1S/C23H23ClF3N5O2S/c1-11-10-34-18(9-32(11)17-8-29-7-16-20(17)35-22(28)30-16)21(33)31-4-3-13-5-14(23(25,26)27)6-15(24)19(13)12(31)2/h5-8,11-12,18H,3-4,9-10H2,1-2H3,(H2,28,30)/t11-,12-,18+/m0/s1. The highest BCUT2D eigenvalue weighted by Crippen LogP contribution is 2.41. The summed E-state index contributed by atoms with van der Waals surface area (Å²) in [6, 6.07) is 1.57. The van der Waals surface area contributed by atoms with E-state index in [0.717, 1.165) is 22.5 Å². The van der Waals surface area contributed by atoms with Gasteiger partial charge in [0.25, 0.3) is 5.91 Å². The Bertz CT molecular complexity index is 1300. The highest BCUT2D eigenvalue weighted by Gasteiger charge is 2.39. The lowest BCUT2D eigenvalue weighted by Crippen LogP contribution is -2.55. The zero-order valence-corrected chi connectivity index (χ0v) is 20.5. The van der Waals surface area contributed by atoms with Gasteiger partial charge in [-0.3, -0.25) is 9.78 Å². The molecule has 1 saturated heterocycles. The third-order valence-corrected chi connectivity index (χ3v) is 7.88. The number of morpholine rings is 1. The lowest BCUT2D eigenvalue weighted by atomic mass is 9.91. The molecule has 0 bridgehead atoms. The van der Waals surface area contributed by atoms with Crippen LogP contribution in [0.3, 0.4) is 0 Å². The molecule has 4 heterocycles. The molecule has 0 aliphatic carbocycles. The molecule has 2 aromatic heterocycles. The van der Waals surface area contributed by atoms with E-state index in [1.54, 1.807) is 24.2 Å². The summed E-state index contributed by atoms with van der Waals surface area (Å²) in [5.41, 5.74) is 7.72. The van der Waals surface area contributed by atoms with Gasteiger partial charge >= 0.3 is 6.18 Å². The molecule has 0 radical (unpaired) electrons. The minimum atomic E-state index is -4.48. The van der Waals surface area contributed by atoms with Gasteiger partial charge < -0.3 is 20.3 Å². The fraction of sp³-hybridized carbons (Fsp3) is 0.435. The van der Waals surface area contributed by atoms with Gasteiger partial charge in [-0.25, -0.2) is 4.98 Å². The molecule has 3 atom stereocenters. The van der Waals surface area contributed by atoms with Gasteiger partial charge in [0.05, 0.1) is 47.5 Å². The van der Waals surface area contributed by atoms with Crippen LogP contribution in [0.25, 0.3) is 10.2 Å². The van der Waals surface area contributed by atoms with Crippen LogP contribution in [0.5, 0.6) is 0 Å². The zero-order chi connectivity index (χ0) is 25.1. The van der Waals surface area contributed by atoms with Crippen LogP contribution >= 0.6 is 22.9 Å². The van der Waals surface area contributed by atoms with Crippen LogP contribution in [0.2, 0.25) is 5.02 Å². The maximum Gasteiger partial charge on any atom is 0.416 e. The van der Waals surface area contributed by atoms with Crippen LogP contribution < -0.4 is 10.6 Å². The van der Waals surface area contributed by atoms with E-state index >= 15 is 0 Å². The first-order valence-corrected chi connectivity index (χ1v) is 12.3. The maximum atomic E-state index is 13.6. The van der Waals surface area contributed by atoms with Crippen molar-refractivity contribution < 1.29 is 22.7 Å². The number of hydrogen-bond acceptors (Lipinski definition) is 7. The van der Waals surface area contributed by atoms with E-state index in [4.69, 9.17) is 22.1 Å². The smallest absolute Gasteiger partial charge is 0.375 e. The Morgan fingerprint density at radius 3 is 2.80 bits per heavy atom. The molecular weight excluding hydrogens is 503 g/mol. The van der Waals surface area contributed by atoms with Crippen LogP contribution in [0.15, 0.2) is 24.5 Å². The summed E-state index contributed by atoms with van der Waals surface area (Å²) >= 11 is 7.65. The molecule has 186 valence electrons. The molecular formula is C23H23ClF3N5O2S. The minimum absolute atomic E-state index is 0.00971. The van der Waals surface area contributed by atoms with Crippen LogP contribution in [-0.4, -0.2) is 52.6 Å². The van der Waals surface area contributed by atoms with Crippen molar-refractivity contribution in [3.8, 4) is 0 Å². The number of aromatic nitrogens is 2. The summed E-state index contributed by atoms with van der Waals surface area (Å²) in [7, 11) is 0. The number of ether oxygens (including phenoxy) is 1. The van der Waals surface area contributed by atoms with Crippen molar-refractivity contribution >= 4 is 49.9 Å². The van der Waals surface area contributed by atoms with Gasteiger partial charge in [-0.15, -0.1) is 0 Å². The topological polar surface area (TPSA) is 84.6 Å². The SMILES string of the molecule is C[C@H]1c2c(Cl)cc(C(F)(F)F)cc2CCN1C(=O)[C@H]1CN(c2cncc3nc(N)sc23)[C@@H](C)CO1. The monoisotopic (exact) mass is 525 g/mol. The number of nitrogens with two attached hydrogens (primary N) is 1. The third-order valence-electron chi connectivity index (χ3n) is 6.65.